The second kappa shape index (κ2) is 7.37. The molecule has 1 atom stereocenters. The lowest BCUT2D eigenvalue weighted by Gasteiger charge is -2.15. The van der Waals surface area contributed by atoms with Gasteiger partial charge in [0.15, 0.2) is 0 Å². The van der Waals surface area contributed by atoms with E-state index in [2.05, 4.69) is 10.1 Å². The molecular formula is C14H20N2O5S. The molecule has 8 heteroatoms. The number of methoxy groups -OCH3 is 1. The molecule has 1 rings (SSSR count). The Morgan fingerprint density at radius 2 is 1.77 bits per heavy atom. The normalized spacial score (nSPS) is 12.8. The number of rotatable bonds is 6. The number of benzene rings is 1. The predicted molar refractivity (Wildman–Crippen MR) is 80.9 cm³/mol. The largest absolute Gasteiger partial charge is 0.467 e. The SMILES string of the molecule is CCC(NC(=O)c1ccc(S(=O)(=O)N(C)C)cc1)C(=O)OC. The summed E-state index contributed by atoms with van der Waals surface area (Å²) in [6, 6.07) is 4.76. The van der Waals surface area contributed by atoms with Gasteiger partial charge in [0.1, 0.15) is 6.04 Å². The lowest BCUT2D eigenvalue weighted by Crippen LogP contribution is -2.41. The average Bonchev–Trinajstić information content (AvgIpc) is 2.51. The molecule has 0 radical (unpaired) electrons. The molecule has 1 aromatic carbocycles. The van der Waals surface area contributed by atoms with Crippen LogP contribution in [0, 0.1) is 0 Å². The van der Waals surface area contributed by atoms with Crippen molar-refractivity contribution in [3.8, 4) is 0 Å². The minimum Gasteiger partial charge on any atom is -0.467 e. The van der Waals surface area contributed by atoms with Crippen molar-refractivity contribution in [2.24, 2.45) is 0 Å². The number of ether oxygens (including phenoxy) is 1. The standard InChI is InChI=1S/C14H20N2O5S/c1-5-12(14(18)21-4)15-13(17)10-6-8-11(9-7-10)22(19,20)16(2)3/h6-9,12H,5H2,1-4H3,(H,15,17). The van der Waals surface area contributed by atoms with E-state index in [4.69, 9.17) is 0 Å². The summed E-state index contributed by atoms with van der Waals surface area (Å²) >= 11 is 0. The maximum Gasteiger partial charge on any atom is 0.328 e. The fourth-order valence-electron chi connectivity index (χ4n) is 1.70. The first-order chi connectivity index (χ1) is 10.2. The summed E-state index contributed by atoms with van der Waals surface area (Å²) in [6.45, 7) is 1.74. The molecule has 0 aliphatic carbocycles. The second-order valence-corrected chi connectivity index (χ2v) is 6.92. The van der Waals surface area contributed by atoms with E-state index >= 15 is 0 Å². The van der Waals surface area contributed by atoms with Crippen LogP contribution in [0.4, 0.5) is 0 Å². The monoisotopic (exact) mass is 328 g/mol. The van der Waals surface area contributed by atoms with Gasteiger partial charge < -0.3 is 10.1 Å². The summed E-state index contributed by atoms with van der Waals surface area (Å²) in [5, 5.41) is 2.54. The maximum absolute atomic E-state index is 12.1. The minimum absolute atomic E-state index is 0.0917. The van der Waals surface area contributed by atoms with Gasteiger partial charge in [-0.25, -0.2) is 17.5 Å². The van der Waals surface area contributed by atoms with Crippen LogP contribution in [0.5, 0.6) is 0 Å². The predicted octanol–water partition coefficient (Wildman–Crippen LogP) is 0.618. The first-order valence-electron chi connectivity index (χ1n) is 6.65. The van der Waals surface area contributed by atoms with Gasteiger partial charge in [0.2, 0.25) is 10.0 Å². The Labute approximate surface area is 130 Å². The fraction of sp³-hybridized carbons (Fsp3) is 0.429. The van der Waals surface area contributed by atoms with Crippen LogP contribution in [0.1, 0.15) is 23.7 Å². The zero-order valence-electron chi connectivity index (χ0n) is 13.0. The quantitative estimate of drug-likeness (QED) is 0.773. The molecule has 7 nitrogen and oxygen atoms in total. The van der Waals surface area contributed by atoms with Gasteiger partial charge in [0, 0.05) is 19.7 Å². The minimum atomic E-state index is -3.54. The van der Waals surface area contributed by atoms with E-state index in [0.717, 1.165) is 4.31 Å². The van der Waals surface area contributed by atoms with Crippen molar-refractivity contribution in [1.29, 1.82) is 0 Å². The van der Waals surface area contributed by atoms with Crippen molar-refractivity contribution < 1.29 is 22.7 Å². The number of carbonyl (C=O) groups is 2. The van der Waals surface area contributed by atoms with Gasteiger partial charge in [-0.1, -0.05) is 6.92 Å². The van der Waals surface area contributed by atoms with Gasteiger partial charge >= 0.3 is 5.97 Å². The highest BCUT2D eigenvalue weighted by atomic mass is 32.2. The van der Waals surface area contributed by atoms with Crippen molar-refractivity contribution in [3.05, 3.63) is 29.8 Å². The Bertz CT molecular complexity index is 638. The van der Waals surface area contributed by atoms with E-state index < -0.39 is 27.9 Å². The molecule has 0 aliphatic rings. The number of nitrogens with one attached hydrogen (secondary N) is 1. The Balaban J connectivity index is 2.91. The van der Waals surface area contributed by atoms with Crippen molar-refractivity contribution >= 4 is 21.9 Å². The summed E-state index contributed by atoms with van der Waals surface area (Å²) in [5.41, 5.74) is 0.264. The molecule has 0 aromatic heterocycles. The van der Waals surface area contributed by atoms with Crippen LogP contribution in [-0.2, 0) is 19.6 Å². The van der Waals surface area contributed by atoms with Gasteiger partial charge in [-0.05, 0) is 30.7 Å². The van der Waals surface area contributed by atoms with Crippen LogP contribution in [0.15, 0.2) is 29.2 Å². The summed E-state index contributed by atoms with van der Waals surface area (Å²) in [4.78, 5) is 23.6. The number of amides is 1. The third kappa shape index (κ3) is 4.05. The van der Waals surface area contributed by atoms with Crippen LogP contribution in [0.3, 0.4) is 0 Å². The van der Waals surface area contributed by atoms with Gasteiger partial charge in [0.05, 0.1) is 12.0 Å². The topological polar surface area (TPSA) is 92.8 Å². The zero-order valence-corrected chi connectivity index (χ0v) is 13.8. The van der Waals surface area contributed by atoms with Crippen molar-refractivity contribution in [2.75, 3.05) is 21.2 Å². The van der Waals surface area contributed by atoms with E-state index in [1.807, 2.05) is 0 Å². The van der Waals surface area contributed by atoms with E-state index in [1.165, 1.54) is 45.5 Å². The van der Waals surface area contributed by atoms with E-state index in [0.29, 0.717) is 6.42 Å². The Morgan fingerprint density at radius 1 is 1.23 bits per heavy atom. The van der Waals surface area contributed by atoms with Crippen LogP contribution in [0.2, 0.25) is 0 Å². The highest BCUT2D eigenvalue weighted by molar-refractivity contribution is 7.89. The zero-order chi connectivity index (χ0) is 16.9. The molecule has 0 saturated carbocycles. The first kappa shape index (κ1) is 18.1. The molecule has 0 fully saturated rings. The average molecular weight is 328 g/mol. The fourth-order valence-corrected chi connectivity index (χ4v) is 2.60. The molecule has 0 spiro atoms. The van der Waals surface area contributed by atoms with Crippen molar-refractivity contribution in [3.63, 3.8) is 0 Å². The summed E-state index contributed by atoms with van der Waals surface area (Å²) in [6.07, 6.45) is 0.394. The van der Waals surface area contributed by atoms with Gasteiger partial charge in [-0.2, -0.15) is 0 Å². The lowest BCUT2D eigenvalue weighted by molar-refractivity contribution is -0.142. The van der Waals surface area contributed by atoms with Crippen LogP contribution >= 0.6 is 0 Å². The maximum atomic E-state index is 12.1. The van der Waals surface area contributed by atoms with E-state index in [9.17, 15) is 18.0 Å². The Kier molecular flexibility index (Phi) is 6.07. The smallest absolute Gasteiger partial charge is 0.328 e. The number of nitrogens with zero attached hydrogens (tertiary/aromatic N) is 1. The van der Waals surface area contributed by atoms with Gasteiger partial charge in [-0.15, -0.1) is 0 Å². The molecule has 0 saturated heterocycles. The molecule has 0 bridgehead atoms. The van der Waals surface area contributed by atoms with Crippen LogP contribution in [-0.4, -0.2) is 51.8 Å². The first-order valence-corrected chi connectivity index (χ1v) is 8.09. The highest BCUT2D eigenvalue weighted by Gasteiger charge is 2.21. The van der Waals surface area contributed by atoms with Gasteiger partial charge in [0.25, 0.3) is 5.91 Å². The third-order valence-corrected chi connectivity index (χ3v) is 4.92. The molecule has 122 valence electrons. The van der Waals surface area contributed by atoms with Gasteiger partial charge in [-0.3, -0.25) is 4.79 Å². The number of hydrogen-bond donors (Lipinski definition) is 1. The van der Waals surface area contributed by atoms with Crippen LogP contribution in [0.25, 0.3) is 0 Å². The number of sulfonamides is 1. The summed E-state index contributed by atoms with van der Waals surface area (Å²) in [7, 11) is 0.569. The van der Waals surface area contributed by atoms with E-state index in [-0.39, 0.29) is 10.5 Å². The lowest BCUT2D eigenvalue weighted by atomic mass is 10.1. The number of carbonyl (C=O) groups excluding carboxylic acids is 2. The molecule has 1 aromatic rings. The van der Waals surface area contributed by atoms with E-state index in [1.54, 1.807) is 6.92 Å². The number of esters is 1. The highest BCUT2D eigenvalue weighted by Crippen LogP contribution is 2.14. The Hall–Kier alpha value is -1.93. The van der Waals surface area contributed by atoms with Crippen LogP contribution < -0.4 is 5.32 Å². The molecule has 1 unspecified atom stereocenters. The molecular weight excluding hydrogens is 308 g/mol. The molecule has 0 heterocycles. The summed E-state index contributed by atoms with van der Waals surface area (Å²) < 4.78 is 29.5. The second-order valence-electron chi connectivity index (χ2n) is 4.77. The molecule has 22 heavy (non-hydrogen) atoms. The Morgan fingerprint density at radius 3 is 2.18 bits per heavy atom. The summed E-state index contributed by atoms with van der Waals surface area (Å²) in [5.74, 6) is -0.992. The van der Waals surface area contributed by atoms with Crippen molar-refractivity contribution in [1.82, 2.24) is 9.62 Å². The third-order valence-electron chi connectivity index (χ3n) is 3.09. The molecule has 0 aliphatic heterocycles. The number of hydrogen-bond acceptors (Lipinski definition) is 5. The molecule has 1 amide bonds. The molecule has 1 N–H and O–H groups in total. The van der Waals surface area contributed by atoms with Crippen molar-refractivity contribution in [2.45, 2.75) is 24.3 Å².